The average Bonchev–Trinajstić information content (AvgIpc) is 2.97. The van der Waals surface area contributed by atoms with Crippen molar-refractivity contribution in [2.45, 2.75) is 78.6 Å². The Kier molecular flexibility index (Phi) is 16.4. The third kappa shape index (κ3) is 11.0. The molecule has 252 valence electrons. The van der Waals surface area contributed by atoms with Crippen molar-refractivity contribution < 1.29 is 38.0 Å². The number of ketones is 3. The van der Waals surface area contributed by atoms with Crippen LogP contribution in [0, 0.1) is 17.8 Å². The largest absolute Gasteiger partial charge is 0.507 e. The highest BCUT2D eigenvalue weighted by Gasteiger charge is 2.35. The Balaban J connectivity index is 0.00000705. The summed E-state index contributed by atoms with van der Waals surface area (Å²) in [5.41, 5.74) is 4.49. The fraction of sp³-hybridized carbons (Fsp3) is 0.541. The van der Waals surface area contributed by atoms with E-state index in [1.54, 1.807) is 6.07 Å². The van der Waals surface area contributed by atoms with E-state index in [1.807, 2.05) is 6.07 Å². The van der Waals surface area contributed by atoms with Crippen molar-refractivity contribution in [2.24, 2.45) is 17.8 Å². The van der Waals surface area contributed by atoms with Crippen LogP contribution in [0.15, 0.2) is 54.2 Å². The molecule has 3 unspecified atom stereocenters. The van der Waals surface area contributed by atoms with Crippen LogP contribution in [0.1, 0.15) is 96.5 Å². The highest BCUT2D eigenvalue weighted by molar-refractivity contribution is 6.02. The number of carbonyl (C=O) groups excluding carboxylic acids is 3. The summed E-state index contributed by atoms with van der Waals surface area (Å²) in [6.07, 6.45) is 17.8. The molecule has 1 aromatic rings. The maximum atomic E-state index is 13.5. The lowest BCUT2D eigenvalue weighted by Gasteiger charge is -2.32. The SMILES string of the molecule is CCCN(CCC)C/C1=C/C=C(/c2ccc(O)c3c2CC(CC(CCO)C(CO)C(=O)CC(C)=O)CC3=O)C/C=C\C=C/C1.O.[HH].[HH]. The van der Waals surface area contributed by atoms with E-state index in [4.69, 9.17) is 0 Å². The number of hydrogen-bond donors (Lipinski definition) is 3. The molecule has 1 aromatic carbocycles. The van der Waals surface area contributed by atoms with Gasteiger partial charge in [-0.3, -0.25) is 19.3 Å². The second-order valence-electron chi connectivity index (χ2n) is 12.4. The van der Waals surface area contributed by atoms with Crippen LogP contribution in [0.3, 0.4) is 0 Å². The molecule has 3 rings (SSSR count). The Hall–Kier alpha value is -3.17. The van der Waals surface area contributed by atoms with E-state index in [0.29, 0.717) is 31.2 Å². The van der Waals surface area contributed by atoms with Gasteiger partial charge < -0.3 is 20.8 Å². The Labute approximate surface area is 271 Å². The van der Waals surface area contributed by atoms with Crippen LogP contribution in [-0.2, 0) is 16.0 Å². The molecule has 0 saturated carbocycles. The summed E-state index contributed by atoms with van der Waals surface area (Å²) < 4.78 is 0. The number of nitrogens with zero attached hydrogens (tertiary/aromatic N) is 1. The third-order valence-corrected chi connectivity index (χ3v) is 8.75. The van der Waals surface area contributed by atoms with Crippen LogP contribution < -0.4 is 0 Å². The van der Waals surface area contributed by atoms with Gasteiger partial charge in [0.05, 0.1) is 18.6 Å². The molecule has 2 aliphatic rings. The van der Waals surface area contributed by atoms with Gasteiger partial charge in [0.15, 0.2) is 5.78 Å². The van der Waals surface area contributed by atoms with E-state index >= 15 is 0 Å². The molecule has 0 radical (unpaired) electrons. The Bertz CT molecular complexity index is 1280. The van der Waals surface area contributed by atoms with Gasteiger partial charge in [-0.25, -0.2) is 0 Å². The fourth-order valence-corrected chi connectivity index (χ4v) is 6.75. The number of carbonyl (C=O) groups is 3. The van der Waals surface area contributed by atoms with Gasteiger partial charge >= 0.3 is 0 Å². The Morgan fingerprint density at radius 1 is 1.02 bits per heavy atom. The number of benzene rings is 1. The molecular formula is C37H57NO7. The van der Waals surface area contributed by atoms with Gasteiger partial charge in [0.2, 0.25) is 0 Å². The van der Waals surface area contributed by atoms with Crippen molar-refractivity contribution in [3.8, 4) is 5.75 Å². The van der Waals surface area contributed by atoms with E-state index in [2.05, 4.69) is 55.2 Å². The normalized spacial score (nSPS) is 21.7. The summed E-state index contributed by atoms with van der Waals surface area (Å²) in [5, 5.41) is 30.6. The third-order valence-electron chi connectivity index (χ3n) is 8.75. The number of aliphatic hydroxyl groups is 2. The first-order valence-electron chi connectivity index (χ1n) is 16.3. The molecule has 2 aliphatic carbocycles. The lowest BCUT2D eigenvalue weighted by atomic mass is 9.72. The number of hydrogen-bond acceptors (Lipinski definition) is 7. The molecular weight excluding hydrogens is 570 g/mol. The smallest absolute Gasteiger partial charge is 0.167 e. The first-order chi connectivity index (χ1) is 21.2. The van der Waals surface area contributed by atoms with Crippen molar-refractivity contribution in [1.29, 1.82) is 0 Å². The summed E-state index contributed by atoms with van der Waals surface area (Å²) in [6.45, 7) is 8.19. The van der Waals surface area contributed by atoms with Crippen LogP contribution in [-0.4, -0.2) is 75.9 Å². The number of aliphatic hydroxyl groups excluding tert-OH is 2. The molecule has 0 fully saturated rings. The minimum Gasteiger partial charge on any atom is -0.507 e. The van der Waals surface area contributed by atoms with Crippen molar-refractivity contribution in [1.82, 2.24) is 4.90 Å². The maximum Gasteiger partial charge on any atom is 0.167 e. The van der Waals surface area contributed by atoms with E-state index in [1.165, 1.54) is 12.5 Å². The summed E-state index contributed by atoms with van der Waals surface area (Å²) in [4.78, 5) is 40.4. The molecule has 8 heteroatoms. The van der Waals surface area contributed by atoms with E-state index in [9.17, 15) is 29.7 Å². The van der Waals surface area contributed by atoms with Gasteiger partial charge in [-0.05, 0) is 99.6 Å². The van der Waals surface area contributed by atoms with Crippen molar-refractivity contribution in [3.05, 3.63) is 70.9 Å². The van der Waals surface area contributed by atoms with Gasteiger partial charge in [-0.15, -0.1) is 0 Å². The standard InChI is InChI=1S/C37H51NO6.H2O.2H2/c1-4-17-38(18-5-2)24-27-10-8-6-7-9-11-29(13-12-27)31-14-15-34(42)37-32(31)22-28(23-36(37)44)21-30(16-19-39)33(25-40)35(43)20-26(3)41;;;/h6-9,12-15,28,30,33,39-40,42H,4-5,10-11,16-25H2,1-3H3;1H2;2*1H/b8-6-,9-7-,27-12+,29-13+;;;. The summed E-state index contributed by atoms with van der Waals surface area (Å²) in [7, 11) is 0. The molecule has 3 atom stereocenters. The minimum absolute atomic E-state index is 0. The van der Waals surface area contributed by atoms with E-state index in [0.717, 1.165) is 55.6 Å². The van der Waals surface area contributed by atoms with Gasteiger partial charge in [0.1, 0.15) is 17.3 Å². The second kappa shape index (κ2) is 19.4. The van der Waals surface area contributed by atoms with E-state index in [-0.39, 0.29) is 62.7 Å². The Morgan fingerprint density at radius 2 is 1.71 bits per heavy atom. The van der Waals surface area contributed by atoms with Gasteiger partial charge in [-0.1, -0.05) is 61.9 Å². The van der Waals surface area contributed by atoms with Gasteiger partial charge in [-0.2, -0.15) is 0 Å². The molecule has 5 N–H and O–H groups in total. The minimum atomic E-state index is -0.770. The van der Waals surface area contributed by atoms with Gasteiger partial charge in [0, 0.05) is 28.3 Å². The van der Waals surface area contributed by atoms with Crippen LogP contribution in [0.4, 0.5) is 0 Å². The lowest BCUT2D eigenvalue weighted by molar-refractivity contribution is -0.131. The van der Waals surface area contributed by atoms with Crippen LogP contribution in [0.2, 0.25) is 0 Å². The van der Waals surface area contributed by atoms with Crippen molar-refractivity contribution in [3.63, 3.8) is 0 Å². The predicted octanol–water partition coefficient (Wildman–Crippen LogP) is 5.69. The number of rotatable bonds is 16. The quantitative estimate of drug-likeness (QED) is 0.200. The molecule has 0 bridgehead atoms. The van der Waals surface area contributed by atoms with Crippen molar-refractivity contribution >= 4 is 22.9 Å². The van der Waals surface area contributed by atoms with Crippen molar-refractivity contribution in [2.75, 3.05) is 32.8 Å². The van der Waals surface area contributed by atoms with Gasteiger partial charge in [0.25, 0.3) is 0 Å². The number of Topliss-reactive ketones (excluding diaryl/α,β-unsaturated/α-hetero) is 3. The number of phenolic OH excluding ortho intramolecular Hbond substituents is 1. The zero-order chi connectivity index (χ0) is 32.1. The van der Waals surface area contributed by atoms with Crippen LogP contribution >= 0.6 is 0 Å². The molecule has 0 heterocycles. The maximum absolute atomic E-state index is 13.5. The molecule has 0 aromatic heterocycles. The second-order valence-corrected chi connectivity index (χ2v) is 12.4. The first kappa shape index (κ1) is 38.0. The van der Waals surface area contributed by atoms with Crippen LogP contribution in [0.25, 0.3) is 5.57 Å². The number of phenols is 1. The topological polar surface area (TPSA) is 147 Å². The number of aromatic hydroxyl groups is 1. The average molecular weight is 628 g/mol. The molecule has 45 heavy (non-hydrogen) atoms. The number of fused-ring (bicyclic) bond motifs is 1. The van der Waals surface area contributed by atoms with E-state index < -0.39 is 12.5 Å². The highest BCUT2D eigenvalue weighted by Crippen LogP contribution is 2.40. The van der Waals surface area contributed by atoms with Crippen LogP contribution in [0.5, 0.6) is 5.75 Å². The lowest BCUT2D eigenvalue weighted by Crippen LogP contribution is -2.32. The summed E-state index contributed by atoms with van der Waals surface area (Å²) in [5.74, 6) is -2.01. The Morgan fingerprint density at radius 3 is 2.33 bits per heavy atom. The zero-order valence-electron chi connectivity index (χ0n) is 27.3. The zero-order valence-corrected chi connectivity index (χ0v) is 27.3. The number of allylic oxidation sites excluding steroid dienone is 7. The molecule has 8 nitrogen and oxygen atoms in total. The molecule has 0 saturated heterocycles. The highest BCUT2D eigenvalue weighted by atomic mass is 16.3. The fourth-order valence-electron chi connectivity index (χ4n) is 6.75. The first-order valence-corrected chi connectivity index (χ1v) is 16.3. The molecule has 0 amide bonds. The predicted molar refractivity (Wildman–Crippen MR) is 183 cm³/mol. The monoisotopic (exact) mass is 627 g/mol. The summed E-state index contributed by atoms with van der Waals surface area (Å²) in [6, 6.07) is 3.51. The molecule has 0 spiro atoms. The summed E-state index contributed by atoms with van der Waals surface area (Å²) >= 11 is 0. The molecule has 0 aliphatic heterocycles.